The molecule has 4 rings (SSSR count). The van der Waals surface area contributed by atoms with Crippen molar-refractivity contribution in [1.82, 2.24) is 9.78 Å². The van der Waals surface area contributed by atoms with Gasteiger partial charge in [-0.2, -0.15) is 5.10 Å². The van der Waals surface area contributed by atoms with E-state index in [4.69, 9.17) is 10.8 Å². The number of carbonyl (C=O) groups excluding carboxylic acids is 1. The van der Waals surface area contributed by atoms with Crippen LogP contribution in [-0.2, 0) is 12.8 Å². The summed E-state index contributed by atoms with van der Waals surface area (Å²) in [6, 6.07) is 3.31. The third-order valence-electron chi connectivity index (χ3n) is 5.92. The Morgan fingerprint density at radius 2 is 2.04 bits per heavy atom. The molecule has 0 radical (unpaired) electrons. The number of hydrogen-bond acceptors (Lipinski definition) is 3. The van der Waals surface area contributed by atoms with Crippen molar-refractivity contribution in [1.29, 1.82) is 0 Å². The number of nitrogens with one attached hydrogen (secondary N) is 1. The number of anilines is 1. The van der Waals surface area contributed by atoms with Crippen LogP contribution in [-0.4, -0.2) is 21.7 Å². The molecule has 5 nitrogen and oxygen atoms in total. The third-order valence-corrected chi connectivity index (χ3v) is 5.92. The Morgan fingerprint density at radius 3 is 2.71 bits per heavy atom. The summed E-state index contributed by atoms with van der Waals surface area (Å²) in [6.07, 6.45) is 8.83. The van der Waals surface area contributed by atoms with Crippen molar-refractivity contribution in [3.8, 4) is 5.69 Å². The van der Waals surface area contributed by atoms with Crippen LogP contribution in [0.3, 0.4) is 0 Å². The van der Waals surface area contributed by atoms with E-state index >= 15 is 0 Å². The van der Waals surface area contributed by atoms with E-state index < -0.39 is 11.7 Å². The Labute approximate surface area is 164 Å². The first-order valence-electron chi connectivity index (χ1n) is 9.88. The van der Waals surface area contributed by atoms with E-state index in [1.54, 1.807) is 6.07 Å². The number of hydrogen-bond donors (Lipinski definition) is 2. The van der Waals surface area contributed by atoms with Crippen molar-refractivity contribution >= 4 is 11.6 Å². The predicted octanol–water partition coefficient (Wildman–Crippen LogP) is 4.06. The van der Waals surface area contributed by atoms with Crippen molar-refractivity contribution in [2.75, 3.05) is 5.32 Å². The Bertz CT molecular complexity index is 965. The molecule has 2 aliphatic rings. The number of aromatic nitrogens is 2. The second-order valence-electron chi connectivity index (χ2n) is 8.76. The van der Waals surface area contributed by atoms with Crippen LogP contribution in [0.25, 0.3) is 5.69 Å². The van der Waals surface area contributed by atoms with Gasteiger partial charge in [0.2, 0.25) is 0 Å². The molecular weight excluding hydrogens is 355 g/mol. The van der Waals surface area contributed by atoms with Crippen LogP contribution in [0.2, 0.25) is 0 Å². The molecule has 0 saturated heterocycles. The highest BCUT2D eigenvalue weighted by Gasteiger charge is 2.31. The van der Waals surface area contributed by atoms with E-state index in [9.17, 15) is 9.18 Å². The average Bonchev–Trinajstić information content (AvgIpc) is 3.21. The molecular formula is C22H27FN4O. The fraction of sp³-hybridized carbons (Fsp3) is 0.455. The third kappa shape index (κ3) is 3.32. The van der Waals surface area contributed by atoms with Crippen LogP contribution in [0.15, 0.2) is 24.3 Å². The molecule has 0 bridgehead atoms. The summed E-state index contributed by atoms with van der Waals surface area (Å²) in [7, 11) is 0. The second-order valence-corrected chi connectivity index (χ2v) is 8.76. The number of halogens is 1. The molecule has 1 amide bonds. The maximum absolute atomic E-state index is 14.9. The maximum atomic E-state index is 14.9. The minimum atomic E-state index is -0.766. The Morgan fingerprint density at radius 1 is 1.32 bits per heavy atom. The number of carbonyl (C=O) groups is 1. The van der Waals surface area contributed by atoms with Gasteiger partial charge in [-0.1, -0.05) is 26.0 Å². The van der Waals surface area contributed by atoms with Gasteiger partial charge in [0.15, 0.2) is 0 Å². The van der Waals surface area contributed by atoms with Crippen molar-refractivity contribution in [3.05, 3.63) is 52.6 Å². The molecule has 3 N–H and O–H groups in total. The highest BCUT2D eigenvalue weighted by atomic mass is 19.1. The standard InChI is InChI=1S/C22H27FN4O/c1-13-16-8-9-22(2,3)12-19(16)27(26-13)15-10-17(23)20(21(24)28)18(11-15)25-14-6-4-5-7-14/h4-5,10-11,14,25H,6-9,12H2,1-3H3,(H2,24,28). The minimum Gasteiger partial charge on any atom is -0.381 e. The normalized spacial score (nSPS) is 18.3. The van der Waals surface area contributed by atoms with Crippen molar-refractivity contribution in [2.24, 2.45) is 11.1 Å². The first-order valence-corrected chi connectivity index (χ1v) is 9.88. The number of amides is 1. The minimum absolute atomic E-state index is 0.0891. The van der Waals surface area contributed by atoms with Gasteiger partial charge in [0.1, 0.15) is 5.82 Å². The predicted molar refractivity (Wildman–Crippen MR) is 108 cm³/mol. The van der Waals surface area contributed by atoms with Crippen LogP contribution in [0.5, 0.6) is 0 Å². The number of fused-ring (bicyclic) bond motifs is 1. The molecule has 0 spiro atoms. The number of primary amides is 1. The van der Waals surface area contributed by atoms with E-state index in [1.807, 2.05) is 11.6 Å². The highest BCUT2D eigenvalue weighted by molar-refractivity contribution is 5.99. The number of rotatable bonds is 4. The molecule has 1 aromatic heterocycles. The summed E-state index contributed by atoms with van der Waals surface area (Å²) in [5, 5.41) is 8.01. The smallest absolute Gasteiger partial charge is 0.253 e. The van der Waals surface area contributed by atoms with E-state index in [1.165, 1.54) is 11.6 Å². The van der Waals surface area contributed by atoms with Gasteiger partial charge >= 0.3 is 0 Å². The Kier molecular flexibility index (Phi) is 4.52. The molecule has 2 aliphatic carbocycles. The lowest BCUT2D eigenvalue weighted by molar-refractivity contribution is 0.0997. The molecule has 148 valence electrons. The summed E-state index contributed by atoms with van der Waals surface area (Å²) >= 11 is 0. The molecule has 2 aromatic rings. The van der Waals surface area contributed by atoms with Crippen LogP contribution in [0.4, 0.5) is 10.1 Å². The first-order chi connectivity index (χ1) is 13.2. The summed E-state index contributed by atoms with van der Waals surface area (Å²) in [4.78, 5) is 11.9. The van der Waals surface area contributed by atoms with Gasteiger partial charge in [0.25, 0.3) is 5.91 Å². The Hall–Kier alpha value is -2.63. The SMILES string of the molecule is Cc1nn(-c2cc(F)c(C(N)=O)c(NC3CC=CC3)c2)c2c1CCC(C)(C)C2. The zero-order chi connectivity index (χ0) is 20.1. The van der Waals surface area contributed by atoms with Crippen molar-refractivity contribution < 1.29 is 9.18 Å². The molecule has 28 heavy (non-hydrogen) atoms. The summed E-state index contributed by atoms with van der Waals surface area (Å²) in [6.45, 7) is 6.50. The second kappa shape index (κ2) is 6.76. The van der Waals surface area contributed by atoms with Gasteiger partial charge in [-0.15, -0.1) is 0 Å². The summed E-state index contributed by atoms with van der Waals surface area (Å²) < 4.78 is 16.8. The highest BCUT2D eigenvalue weighted by Crippen LogP contribution is 2.37. The summed E-state index contributed by atoms with van der Waals surface area (Å²) in [5.74, 6) is -1.38. The Balaban J connectivity index is 1.81. The fourth-order valence-electron chi connectivity index (χ4n) is 4.37. The topological polar surface area (TPSA) is 72.9 Å². The number of aryl methyl sites for hydroxylation is 1. The van der Waals surface area contributed by atoms with Crippen LogP contribution in [0, 0.1) is 18.2 Å². The summed E-state index contributed by atoms with van der Waals surface area (Å²) in [5.41, 5.74) is 10.0. The zero-order valence-corrected chi connectivity index (χ0v) is 16.7. The molecule has 0 unspecified atom stereocenters. The van der Waals surface area contributed by atoms with Crippen molar-refractivity contribution in [3.63, 3.8) is 0 Å². The molecule has 1 heterocycles. The molecule has 6 heteroatoms. The van der Waals surface area contributed by atoms with Gasteiger partial charge in [-0.25, -0.2) is 9.07 Å². The van der Waals surface area contributed by atoms with Gasteiger partial charge in [0, 0.05) is 17.8 Å². The molecule has 0 saturated carbocycles. The van der Waals surface area contributed by atoms with Crippen LogP contribution in [0.1, 0.15) is 60.4 Å². The molecule has 0 aliphatic heterocycles. The fourth-order valence-corrected chi connectivity index (χ4v) is 4.37. The van der Waals surface area contributed by atoms with E-state index in [-0.39, 0.29) is 17.0 Å². The monoisotopic (exact) mass is 382 g/mol. The number of nitrogens with two attached hydrogens (primary N) is 1. The first kappa shape index (κ1) is 18.7. The lowest BCUT2D eigenvalue weighted by atomic mass is 9.76. The van der Waals surface area contributed by atoms with Crippen molar-refractivity contribution in [2.45, 2.75) is 58.9 Å². The quantitative estimate of drug-likeness (QED) is 0.783. The van der Waals surface area contributed by atoms with Gasteiger partial charge in [0.05, 0.1) is 22.6 Å². The maximum Gasteiger partial charge on any atom is 0.253 e. The van der Waals surface area contributed by atoms with Gasteiger partial charge < -0.3 is 11.1 Å². The number of nitrogens with zero attached hydrogens (tertiary/aromatic N) is 2. The van der Waals surface area contributed by atoms with E-state index in [0.29, 0.717) is 11.4 Å². The zero-order valence-electron chi connectivity index (χ0n) is 16.7. The lowest BCUT2D eigenvalue weighted by Crippen LogP contribution is -2.24. The van der Waals surface area contributed by atoms with E-state index in [0.717, 1.165) is 43.5 Å². The largest absolute Gasteiger partial charge is 0.381 e. The lowest BCUT2D eigenvalue weighted by Gasteiger charge is -2.30. The molecule has 0 atom stereocenters. The number of benzene rings is 1. The van der Waals surface area contributed by atoms with E-state index in [2.05, 4.69) is 31.3 Å². The average molecular weight is 382 g/mol. The molecule has 0 fully saturated rings. The molecule has 1 aromatic carbocycles. The van der Waals surface area contributed by atoms with Crippen LogP contribution >= 0.6 is 0 Å². The van der Waals surface area contributed by atoms with Gasteiger partial charge in [-0.05, 0) is 56.1 Å². The van der Waals surface area contributed by atoms with Gasteiger partial charge in [-0.3, -0.25) is 4.79 Å². The van der Waals surface area contributed by atoms with Crippen LogP contribution < -0.4 is 11.1 Å².